The highest BCUT2D eigenvalue weighted by molar-refractivity contribution is 6.18. The highest BCUT2D eigenvalue weighted by atomic mass is 35.5. The van der Waals surface area contributed by atoms with Crippen LogP contribution < -0.4 is 4.74 Å². The summed E-state index contributed by atoms with van der Waals surface area (Å²) in [6.45, 7) is -0.0395. The Hall–Kier alpha value is -2.05. The summed E-state index contributed by atoms with van der Waals surface area (Å²) in [4.78, 5) is 0. The summed E-state index contributed by atoms with van der Waals surface area (Å²) in [7, 11) is 0. The fourth-order valence-corrected chi connectivity index (χ4v) is 1.77. The van der Waals surface area contributed by atoms with Crippen LogP contribution in [0, 0.1) is 23.5 Å². The van der Waals surface area contributed by atoms with Crippen molar-refractivity contribution in [3.63, 3.8) is 0 Å². The van der Waals surface area contributed by atoms with Crippen LogP contribution in [0.15, 0.2) is 42.5 Å². The van der Waals surface area contributed by atoms with Crippen LogP contribution in [0.1, 0.15) is 17.5 Å². The van der Waals surface area contributed by atoms with Gasteiger partial charge in [-0.2, -0.15) is 0 Å². The van der Waals surface area contributed by atoms with Crippen LogP contribution in [0.3, 0.4) is 0 Å². The summed E-state index contributed by atoms with van der Waals surface area (Å²) in [5.74, 6) is 5.35. The van der Waals surface area contributed by atoms with E-state index >= 15 is 0 Å². The van der Waals surface area contributed by atoms with E-state index in [0.717, 1.165) is 0 Å². The van der Waals surface area contributed by atoms with Crippen molar-refractivity contribution >= 4 is 11.6 Å². The standard InChI is InChI=1S/C17H13ClF2O/c18-10-4-3-5-13-8-9-16(20)17(11-13)21-12-14-6-1-2-7-15(14)19/h1-2,6-9,11H,4,10,12H2. The normalized spacial score (nSPS) is 9.86. The van der Waals surface area contributed by atoms with Crippen LogP contribution in [0.5, 0.6) is 5.75 Å². The molecule has 108 valence electrons. The molecule has 0 aliphatic carbocycles. The number of hydrogen-bond donors (Lipinski definition) is 0. The second kappa shape index (κ2) is 7.66. The zero-order valence-corrected chi connectivity index (χ0v) is 12.0. The third-order valence-electron chi connectivity index (χ3n) is 2.72. The van der Waals surface area contributed by atoms with Gasteiger partial charge in [-0.1, -0.05) is 30.0 Å². The molecule has 0 spiro atoms. The van der Waals surface area contributed by atoms with E-state index in [-0.39, 0.29) is 18.2 Å². The lowest BCUT2D eigenvalue weighted by Crippen LogP contribution is -2.00. The Morgan fingerprint density at radius 1 is 1.05 bits per heavy atom. The summed E-state index contributed by atoms with van der Waals surface area (Å²) in [5, 5.41) is 0. The van der Waals surface area contributed by atoms with E-state index < -0.39 is 5.82 Å². The minimum Gasteiger partial charge on any atom is -0.486 e. The van der Waals surface area contributed by atoms with Gasteiger partial charge in [0.25, 0.3) is 0 Å². The van der Waals surface area contributed by atoms with Gasteiger partial charge in [0.15, 0.2) is 11.6 Å². The second-order valence-electron chi connectivity index (χ2n) is 4.27. The lowest BCUT2D eigenvalue weighted by molar-refractivity contribution is 0.284. The molecule has 0 saturated heterocycles. The summed E-state index contributed by atoms with van der Waals surface area (Å²) in [6.07, 6.45) is 0.560. The van der Waals surface area contributed by atoms with Crippen LogP contribution in [-0.4, -0.2) is 5.88 Å². The Labute approximate surface area is 127 Å². The molecule has 0 bridgehead atoms. The Balaban J connectivity index is 2.11. The number of alkyl halides is 1. The molecule has 0 aromatic heterocycles. The van der Waals surface area contributed by atoms with Gasteiger partial charge in [0, 0.05) is 23.4 Å². The Bertz CT molecular complexity index is 674. The molecule has 0 unspecified atom stereocenters. The summed E-state index contributed by atoms with van der Waals surface area (Å²) < 4.78 is 32.5. The number of benzene rings is 2. The predicted octanol–water partition coefficient (Wildman–Crippen LogP) is 4.52. The van der Waals surface area contributed by atoms with Gasteiger partial charge in [0.2, 0.25) is 0 Å². The van der Waals surface area contributed by atoms with Crippen LogP contribution in [0.2, 0.25) is 0 Å². The van der Waals surface area contributed by atoms with Gasteiger partial charge in [-0.25, -0.2) is 8.78 Å². The zero-order valence-electron chi connectivity index (χ0n) is 11.2. The van der Waals surface area contributed by atoms with E-state index in [0.29, 0.717) is 23.4 Å². The van der Waals surface area contributed by atoms with E-state index in [9.17, 15) is 8.78 Å². The average Bonchev–Trinajstić information content (AvgIpc) is 2.49. The second-order valence-corrected chi connectivity index (χ2v) is 4.64. The number of rotatable bonds is 4. The Morgan fingerprint density at radius 2 is 1.86 bits per heavy atom. The molecule has 0 saturated carbocycles. The Morgan fingerprint density at radius 3 is 2.62 bits per heavy atom. The zero-order chi connectivity index (χ0) is 15.1. The molecule has 2 aromatic carbocycles. The van der Waals surface area contributed by atoms with Crippen molar-refractivity contribution in [1.82, 2.24) is 0 Å². The number of halogens is 3. The maximum Gasteiger partial charge on any atom is 0.165 e. The highest BCUT2D eigenvalue weighted by Crippen LogP contribution is 2.20. The van der Waals surface area contributed by atoms with Gasteiger partial charge in [-0.3, -0.25) is 0 Å². The van der Waals surface area contributed by atoms with Crippen molar-refractivity contribution in [3.05, 3.63) is 65.2 Å². The molecule has 1 nitrogen and oxygen atoms in total. The minimum atomic E-state index is -0.505. The molecule has 0 N–H and O–H groups in total. The number of ether oxygens (including phenoxy) is 1. The molecule has 0 atom stereocenters. The molecular formula is C17H13ClF2O. The van der Waals surface area contributed by atoms with Crippen LogP contribution in [0.25, 0.3) is 0 Å². The predicted molar refractivity (Wildman–Crippen MR) is 79.3 cm³/mol. The fraction of sp³-hybridized carbons (Fsp3) is 0.176. The van der Waals surface area contributed by atoms with Crippen molar-refractivity contribution in [1.29, 1.82) is 0 Å². The average molecular weight is 307 g/mol. The molecule has 2 rings (SSSR count). The summed E-state index contributed by atoms with van der Waals surface area (Å²) in [6, 6.07) is 10.6. The first-order valence-electron chi connectivity index (χ1n) is 6.41. The largest absolute Gasteiger partial charge is 0.486 e. The quantitative estimate of drug-likeness (QED) is 0.596. The first-order chi connectivity index (χ1) is 10.2. The van der Waals surface area contributed by atoms with E-state index in [1.807, 2.05) is 0 Å². The minimum absolute atomic E-state index is 0.0395. The monoisotopic (exact) mass is 306 g/mol. The molecule has 0 aliphatic heterocycles. The topological polar surface area (TPSA) is 9.23 Å². The van der Waals surface area contributed by atoms with E-state index in [2.05, 4.69) is 11.8 Å². The molecule has 0 radical (unpaired) electrons. The van der Waals surface area contributed by atoms with E-state index in [1.165, 1.54) is 18.2 Å². The van der Waals surface area contributed by atoms with E-state index in [1.54, 1.807) is 24.3 Å². The molecule has 0 amide bonds. The van der Waals surface area contributed by atoms with Gasteiger partial charge in [0.05, 0.1) is 0 Å². The van der Waals surface area contributed by atoms with Gasteiger partial charge >= 0.3 is 0 Å². The molecule has 0 heterocycles. The maximum atomic E-state index is 13.7. The SMILES string of the molecule is Fc1ccccc1COc1cc(C#CCCCl)ccc1F. The third kappa shape index (κ3) is 4.47. The van der Waals surface area contributed by atoms with Crippen LogP contribution in [0.4, 0.5) is 8.78 Å². The molecule has 0 aliphatic rings. The van der Waals surface area contributed by atoms with Crippen molar-refractivity contribution in [2.75, 3.05) is 5.88 Å². The maximum absolute atomic E-state index is 13.7. The van der Waals surface area contributed by atoms with Gasteiger partial charge in [-0.05, 0) is 24.3 Å². The first kappa shape index (κ1) is 15.3. The van der Waals surface area contributed by atoms with Crippen molar-refractivity contribution in [2.24, 2.45) is 0 Å². The first-order valence-corrected chi connectivity index (χ1v) is 6.95. The fourth-order valence-electron chi connectivity index (χ4n) is 1.67. The summed E-state index contributed by atoms with van der Waals surface area (Å²) in [5.41, 5.74) is 1.00. The molecule has 21 heavy (non-hydrogen) atoms. The third-order valence-corrected chi connectivity index (χ3v) is 2.91. The molecule has 2 aromatic rings. The summed E-state index contributed by atoms with van der Waals surface area (Å²) >= 11 is 5.53. The van der Waals surface area contributed by atoms with Gasteiger partial charge in [0.1, 0.15) is 12.4 Å². The lowest BCUT2D eigenvalue weighted by Gasteiger charge is -2.08. The van der Waals surface area contributed by atoms with Crippen LogP contribution >= 0.6 is 11.6 Å². The molecule has 0 fully saturated rings. The Kier molecular flexibility index (Phi) is 5.59. The van der Waals surface area contributed by atoms with Crippen molar-refractivity contribution in [3.8, 4) is 17.6 Å². The number of hydrogen-bond acceptors (Lipinski definition) is 1. The lowest BCUT2D eigenvalue weighted by atomic mass is 10.2. The molecular weight excluding hydrogens is 294 g/mol. The van der Waals surface area contributed by atoms with Gasteiger partial charge < -0.3 is 4.74 Å². The molecule has 4 heteroatoms. The van der Waals surface area contributed by atoms with Crippen LogP contribution in [-0.2, 0) is 6.61 Å². The van der Waals surface area contributed by atoms with Gasteiger partial charge in [-0.15, -0.1) is 11.6 Å². The van der Waals surface area contributed by atoms with Crippen molar-refractivity contribution < 1.29 is 13.5 Å². The highest BCUT2D eigenvalue weighted by Gasteiger charge is 2.06. The van der Waals surface area contributed by atoms with Crippen molar-refractivity contribution in [2.45, 2.75) is 13.0 Å². The van der Waals surface area contributed by atoms with E-state index in [4.69, 9.17) is 16.3 Å². The smallest absolute Gasteiger partial charge is 0.165 e.